The molecule has 32 heavy (non-hydrogen) atoms. The predicted octanol–water partition coefficient (Wildman–Crippen LogP) is 3.10. The van der Waals surface area contributed by atoms with Crippen molar-refractivity contribution in [1.82, 2.24) is 29.6 Å². The van der Waals surface area contributed by atoms with E-state index in [4.69, 9.17) is 9.72 Å². The number of pyridine rings is 1. The molecule has 1 aliphatic heterocycles. The molecule has 11 heteroatoms. The van der Waals surface area contributed by atoms with Crippen LogP contribution in [0.4, 0.5) is 19.0 Å². The summed E-state index contributed by atoms with van der Waals surface area (Å²) >= 11 is 0. The predicted molar refractivity (Wildman–Crippen MR) is 114 cm³/mol. The number of likely N-dealkylation sites (N-methyl/N-ethyl adjacent to an activating group) is 1. The van der Waals surface area contributed by atoms with Gasteiger partial charge in [-0.1, -0.05) is 0 Å². The van der Waals surface area contributed by atoms with Crippen molar-refractivity contribution in [3.63, 3.8) is 0 Å². The number of halogens is 3. The fourth-order valence-corrected chi connectivity index (χ4v) is 3.79. The van der Waals surface area contributed by atoms with Gasteiger partial charge in [0, 0.05) is 31.7 Å². The number of aromatic nitrogens is 5. The first-order valence-electron chi connectivity index (χ1n) is 10.5. The van der Waals surface area contributed by atoms with Crippen LogP contribution in [0, 0.1) is 5.92 Å². The third-order valence-corrected chi connectivity index (χ3v) is 5.45. The number of hydrogen-bond acceptors (Lipinski definition) is 7. The van der Waals surface area contributed by atoms with Crippen LogP contribution in [0.2, 0.25) is 0 Å². The first-order valence-corrected chi connectivity index (χ1v) is 10.5. The number of ether oxygens (including phenoxy) is 1. The summed E-state index contributed by atoms with van der Waals surface area (Å²) in [5, 5.41) is 4.39. The Balaban J connectivity index is 1.44. The van der Waals surface area contributed by atoms with Crippen LogP contribution in [0.3, 0.4) is 0 Å². The second-order valence-electron chi connectivity index (χ2n) is 8.22. The highest BCUT2D eigenvalue weighted by Gasteiger charge is 2.36. The van der Waals surface area contributed by atoms with E-state index in [0.717, 1.165) is 49.1 Å². The summed E-state index contributed by atoms with van der Waals surface area (Å²) < 4.78 is 46.9. The Morgan fingerprint density at radius 3 is 2.84 bits per heavy atom. The number of alkyl halides is 3. The molecular weight excluding hydrogens is 423 g/mol. The van der Waals surface area contributed by atoms with Gasteiger partial charge in [-0.3, -0.25) is 0 Å². The second-order valence-corrected chi connectivity index (χ2v) is 8.22. The van der Waals surface area contributed by atoms with Gasteiger partial charge in [0.1, 0.15) is 17.1 Å². The number of anilines is 1. The molecule has 4 rings (SSSR count). The van der Waals surface area contributed by atoms with E-state index in [-0.39, 0.29) is 18.3 Å². The molecule has 8 nitrogen and oxygen atoms in total. The maximum atomic E-state index is 13.2. The number of hydrogen-bond donors (Lipinski definition) is 0. The molecular formula is C21H26F3N7O. The zero-order valence-corrected chi connectivity index (χ0v) is 18.1. The lowest BCUT2D eigenvalue weighted by Crippen LogP contribution is -2.38. The zero-order valence-electron chi connectivity index (χ0n) is 18.1. The highest BCUT2D eigenvalue weighted by atomic mass is 19.4. The molecule has 0 saturated carbocycles. The Kier molecular flexibility index (Phi) is 6.45. The van der Waals surface area contributed by atoms with Gasteiger partial charge in [-0.2, -0.15) is 18.3 Å². The van der Waals surface area contributed by atoms with Crippen molar-refractivity contribution >= 4 is 17.0 Å². The van der Waals surface area contributed by atoms with E-state index in [2.05, 4.69) is 24.9 Å². The topological polar surface area (TPSA) is 72.2 Å². The van der Waals surface area contributed by atoms with Crippen LogP contribution >= 0.6 is 0 Å². The monoisotopic (exact) mass is 449 g/mol. The smallest absolute Gasteiger partial charge is 0.437 e. The number of nitrogens with zero attached hydrogens (tertiary/aromatic N) is 7. The molecule has 1 aliphatic rings. The van der Waals surface area contributed by atoms with Gasteiger partial charge in [-0.05, 0) is 39.1 Å². The molecule has 0 bridgehead atoms. The molecule has 0 radical (unpaired) electrons. The van der Waals surface area contributed by atoms with E-state index in [9.17, 15) is 13.2 Å². The zero-order chi connectivity index (χ0) is 22.7. The molecule has 0 N–H and O–H groups in total. The lowest BCUT2D eigenvalue weighted by molar-refractivity contribution is -0.142. The van der Waals surface area contributed by atoms with Crippen LogP contribution in [-0.4, -0.2) is 70.0 Å². The van der Waals surface area contributed by atoms with Crippen LogP contribution in [0.1, 0.15) is 18.5 Å². The minimum atomic E-state index is -4.55. The van der Waals surface area contributed by atoms with Crippen LogP contribution < -0.4 is 9.64 Å². The maximum absolute atomic E-state index is 13.2. The van der Waals surface area contributed by atoms with E-state index in [1.165, 1.54) is 12.1 Å². The standard InChI is InChI=1S/C21H26F3N7O/c1-29(2)9-10-31-20-16(11-27-31)26-12-18(28-20)30-8-4-5-15(13-30)14-32-17-6-3-7-25-19(17)21(22,23)24/h3,6-7,11-12,15H,4-5,8-10,13-14H2,1-2H3. The summed E-state index contributed by atoms with van der Waals surface area (Å²) in [6, 6.07) is 2.76. The van der Waals surface area contributed by atoms with Crippen molar-refractivity contribution < 1.29 is 17.9 Å². The van der Waals surface area contributed by atoms with E-state index in [0.29, 0.717) is 13.1 Å². The minimum Gasteiger partial charge on any atom is -0.491 e. The summed E-state index contributed by atoms with van der Waals surface area (Å²) in [7, 11) is 4.00. The molecule has 0 aliphatic carbocycles. The van der Waals surface area contributed by atoms with Gasteiger partial charge < -0.3 is 14.5 Å². The Hall–Kier alpha value is -2.95. The fraction of sp³-hybridized carbons (Fsp3) is 0.524. The highest BCUT2D eigenvalue weighted by Crippen LogP contribution is 2.34. The average Bonchev–Trinajstić information content (AvgIpc) is 3.18. The van der Waals surface area contributed by atoms with Crippen molar-refractivity contribution in [3.05, 3.63) is 36.4 Å². The van der Waals surface area contributed by atoms with Crippen LogP contribution in [0.25, 0.3) is 11.2 Å². The molecule has 0 amide bonds. The van der Waals surface area contributed by atoms with E-state index < -0.39 is 11.9 Å². The summed E-state index contributed by atoms with van der Waals surface area (Å²) in [6.45, 7) is 3.16. The molecule has 0 spiro atoms. The Labute approximate surface area is 184 Å². The molecule has 3 aromatic rings. The Morgan fingerprint density at radius 1 is 1.22 bits per heavy atom. The highest BCUT2D eigenvalue weighted by molar-refractivity contribution is 5.71. The molecule has 1 fully saturated rings. The summed E-state index contributed by atoms with van der Waals surface area (Å²) in [4.78, 5) is 16.9. The van der Waals surface area contributed by atoms with Crippen molar-refractivity contribution in [2.24, 2.45) is 5.92 Å². The van der Waals surface area contributed by atoms with Crippen LogP contribution in [-0.2, 0) is 12.7 Å². The Bertz CT molecular complexity index is 1050. The average molecular weight is 449 g/mol. The van der Waals surface area contributed by atoms with Gasteiger partial charge in [0.2, 0.25) is 0 Å². The number of fused-ring (bicyclic) bond motifs is 1. The lowest BCUT2D eigenvalue weighted by Gasteiger charge is -2.33. The molecule has 3 aromatic heterocycles. The fourth-order valence-electron chi connectivity index (χ4n) is 3.79. The molecule has 1 atom stereocenters. The second kappa shape index (κ2) is 9.27. The summed E-state index contributed by atoms with van der Waals surface area (Å²) in [6.07, 6.45) is 1.78. The quantitative estimate of drug-likeness (QED) is 0.549. The summed E-state index contributed by atoms with van der Waals surface area (Å²) in [5.74, 6) is 0.579. The largest absolute Gasteiger partial charge is 0.491 e. The minimum absolute atomic E-state index is 0.0705. The van der Waals surface area contributed by atoms with Crippen molar-refractivity contribution in [3.8, 4) is 5.75 Å². The van der Waals surface area contributed by atoms with Gasteiger partial charge in [-0.25, -0.2) is 19.6 Å². The number of rotatable bonds is 7. The molecule has 1 saturated heterocycles. The van der Waals surface area contributed by atoms with Crippen molar-refractivity contribution in [1.29, 1.82) is 0 Å². The van der Waals surface area contributed by atoms with E-state index >= 15 is 0 Å². The summed E-state index contributed by atoms with van der Waals surface area (Å²) in [5.41, 5.74) is 0.475. The van der Waals surface area contributed by atoms with Crippen LogP contribution in [0.15, 0.2) is 30.7 Å². The van der Waals surface area contributed by atoms with Crippen molar-refractivity contribution in [2.75, 3.05) is 45.2 Å². The van der Waals surface area contributed by atoms with E-state index in [1.807, 2.05) is 18.8 Å². The van der Waals surface area contributed by atoms with Gasteiger partial charge >= 0.3 is 6.18 Å². The SMILES string of the molecule is CN(C)CCn1ncc2ncc(N3CCCC(COc4cccnc4C(F)(F)F)C3)nc21. The Morgan fingerprint density at radius 2 is 2.06 bits per heavy atom. The molecule has 172 valence electrons. The normalized spacial score (nSPS) is 17.3. The van der Waals surface area contributed by atoms with Crippen LogP contribution in [0.5, 0.6) is 5.75 Å². The van der Waals surface area contributed by atoms with Gasteiger partial charge in [0.25, 0.3) is 0 Å². The van der Waals surface area contributed by atoms with Gasteiger partial charge in [0.05, 0.1) is 25.5 Å². The molecule has 4 heterocycles. The third-order valence-electron chi connectivity index (χ3n) is 5.45. The first kappa shape index (κ1) is 22.3. The first-order chi connectivity index (χ1) is 15.3. The molecule has 1 unspecified atom stereocenters. The van der Waals surface area contributed by atoms with Gasteiger partial charge in [-0.15, -0.1) is 0 Å². The third kappa shape index (κ3) is 5.09. The molecule has 0 aromatic carbocycles. The van der Waals surface area contributed by atoms with Gasteiger partial charge in [0.15, 0.2) is 11.3 Å². The van der Waals surface area contributed by atoms with E-state index in [1.54, 1.807) is 12.4 Å². The lowest BCUT2D eigenvalue weighted by atomic mass is 9.99. The maximum Gasteiger partial charge on any atom is 0.437 e. The van der Waals surface area contributed by atoms with Crippen molar-refractivity contribution in [2.45, 2.75) is 25.6 Å². The number of piperidine rings is 1.